The quantitative estimate of drug-likeness (QED) is 0.461. The smallest absolute Gasteiger partial charge is 0.206 e. The zero-order valence-corrected chi connectivity index (χ0v) is 15.6. The standard InChI is InChI=1S/C19H17N3OS2/c1-3-20-19-22(21-11-15-9-8-13(2)25-15)16(12-24-19)18-10-14-6-4-5-7-17(14)23-18/h4-12H,3H2,1-2H3. The summed E-state index contributed by atoms with van der Waals surface area (Å²) in [5, 5.41) is 7.80. The molecule has 4 rings (SSSR count). The summed E-state index contributed by atoms with van der Waals surface area (Å²) in [4.78, 5) is 7.81. The summed E-state index contributed by atoms with van der Waals surface area (Å²) >= 11 is 3.29. The van der Waals surface area contributed by atoms with Gasteiger partial charge in [0.2, 0.25) is 4.80 Å². The van der Waals surface area contributed by atoms with Gasteiger partial charge in [-0.15, -0.1) is 22.7 Å². The first-order valence-electron chi connectivity index (χ1n) is 8.05. The van der Waals surface area contributed by atoms with Gasteiger partial charge in [0.25, 0.3) is 0 Å². The van der Waals surface area contributed by atoms with E-state index in [1.165, 1.54) is 4.88 Å². The third-order valence-electron chi connectivity index (χ3n) is 3.72. The Bertz CT molecular complexity index is 1080. The van der Waals surface area contributed by atoms with Crippen molar-refractivity contribution >= 4 is 39.9 Å². The Morgan fingerprint density at radius 3 is 2.84 bits per heavy atom. The Morgan fingerprint density at radius 2 is 2.08 bits per heavy atom. The predicted molar refractivity (Wildman–Crippen MR) is 106 cm³/mol. The molecule has 0 spiro atoms. The number of nitrogens with zero attached hydrogens (tertiary/aromatic N) is 3. The highest BCUT2D eigenvalue weighted by Gasteiger charge is 2.12. The van der Waals surface area contributed by atoms with Gasteiger partial charge < -0.3 is 4.42 Å². The molecule has 0 aliphatic rings. The molecule has 0 unspecified atom stereocenters. The summed E-state index contributed by atoms with van der Waals surface area (Å²) < 4.78 is 7.88. The fourth-order valence-corrected chi connectivity index (χ4v) is 4.20. The lowest BCUT2D eigenvalue weighted by Gasteiger charge is -1.99. The lowest BCUT2D eigenvalue weighted by molar-refractivity contribution is 0.621. The molecule has 0 aliphatic carbocycles. The van der Waals surface area contributed by atoms with E-state index in [9.17, 15) is 0 Å². The van der Waals surface area contributed by atoms with Crippen molar-refractivity contribution in [2.75, 3.05) is 6.54 Å². The number of para-hydroxylation sites is 1. The first-order valence-corrected chi connectivity index (χ1v) is 9.75. The van der Waals surface area contributed by atoms with E-state index in [4.69, 9.17) is 4.42 Å². The zero-order valence-electron chi connectivity index (χ0n) is 14.0. The van der Waals surface area contributed by atoms with Crippen molar-refractivity contribution in [3.05, 3.63) is 62.4 Å². The molecule has 0 atom stereocenters. The van der Waals surface area contributed by atoms with Gasteiger partial charge in [-0.3, -0.25) is 4.99 Å². The summed E-state index contributed by atoms with van der Waals surface area (Å²) in [6.07, 6.45) is 1.88. The molecule has 4 aromatic rings. The third kappa shape index (κ3) is 3.23. The fourth-order valence-electron chi connectivity index (χ4n) is 2.57. The van der Waals surface area contributed by atoms with Crippen molar-refractivity contribution in [3.63, 3.8) is 0 Å². The maximum atomic E-state index is 6.02. The minimum absolute atomic E-state index is 0.716. The lowest BCUT2D eigenvalue weighted by Crippen LogP contribution is -2.12. The molecule has 0 fully saturated rings. The molecular formula is C19H17N3OS2. The number of aromatic nitrogens is 1. The molecule has 6 heteroatoms. The van der Waals surface area contributed by atoms with Crippen LogP contribution in [0, 0.1) is 6.92 Å². The molecule has 0 saturated carbocycles. The van der Waals surface area contributed by atoms with Crippen LogP contribution in [-0.4, -0.2) is 17.4 Å². The number of thiophene rings is 1. The number of furan rings is 1. The number of fused-ring (bicyclic) bond motifs is 1. The Labute approximate surface area is 153 Å². The topological polar surface area (TPSA) is 42.8 Å². The van der Waals surface area contributed by atoms with Crippen molar-refractivity contribution in [3.8, 4) is 11.5 Å². The highest BCUT2D eigenvalue weighted by atomic mass is 32.1. The van der Waals surface area contributed by atoms with Gasteiger partial charge in [0.1, 0.15) is 11.3 Å². The second kappa shape index (κ2) is 6.82. The average molecular weight is 367 g/mol. The van der Waals surface area contributed by atoms with Crippen LogP contribution in [0.15, 0.2) is 62.4 Å². The van der Waals surface area contributed by atoms with Gasteiger partial charge in [0.15, 0.2) is 5.76 Å². The van der Waals surface area contributed by atoms with E-state index < -0.39 is 0 Å². The molecule has 3 aromatic heterocycles. The Morgan fingerprint density at radius 1 is 1.20 bits per heavy atom. The molecule has 0 aliphatic heterocycles. The van der Waals surface area contributed by atoms with Crippen molar-refractivity contribution in [1.82, 2.24) is 4.68 Å². The van der Waals surface area contributed by atoms with E-state index in [1.807, 2.05) is 47.5 Å². The van der Waals surface area contributed by atoms with E-state index >= 15 is 0 Å². The molecule has 0 radical (unpaired) electrons. The number of aryl methyl sites for hydroxylation is 1. The fraction of sp³-hybridized carbons (Fsp3) is 0.158. The molecule has 4 nitrogen and oxygen atoms in total. The minimum Gasteiger partial charge on any atom is -0.454 e. The first kappa shape index (κ1) is 16.1. The van der Waals surface area contributed by atoms with Crippen LogP contribution in [0.3, 0.4) is 0 Å². The third-order valence-corrected chi connectivity index (χ3v) is 5.51. The van der Waals surface area contributed by atoms with E-state index in [-0.39, 0.29) is 0 Å². The van der Waals surface area contributed by atoms with E-state index in [0.717, 1.165) is 32.1 Å². The zero-order chi connectivity index (χ0) is 17.2. The number of hydrogen-bond donors (Lipinski definition) is 0. The van der Waals surface area contributed by atoms with Gasteiger partial charge in [0, 0.05) is 27.1 Å². The van der Waals surface area contributed by atoms with E-state index in [0.29, 0.717) is 6.54 Å². The van der Waals surface area contributed by atoms with Gasteiger partial charge in [-0.05, 0) is 38.1 Å². The van der Waals surface area contributed by atoms with Crippen LogP contribution in [0.1, 0.15) is 16.7 Å². The number of rotatable bonds is 4. The SMILES string of the molecule is CCN=c1scc(-c2cc3ccccc3o2)n1N=Cc1ccc(C)s1. The van der Waals surface area contributed by atoms with Gasteiger partial charge >= 0.3 is 0 Å². The maximum Gasteiger partial charge on any atom is 0.206 e. The number of hydrogen-bond acceptors (Lipinski definition) is 5. The second-order valence-electron chi connectivity index (χ2n) is 5.53. The Kier molecular flexibility index (Phi) is 4.38. The molecule has 0 bridgehead atoms. The second-order valence-corrected chi connectivity index (χ2v) is 7.69. The monoisotopic (exact) mass is 367 g/mol. The normalized spacial score (nSPS) is 12.6. The Balaban J connectivity index is 1.82. The number of thiazole rings is 1. The van der Waals surface area contributed by atoms with Crippen molar-refractivity contribution in [2.24, 2.45) is 10.1 Å². The summed E-state index contributed by atoms with van der Waals surface area (Å²) in [5.41, 5.74) is 1.79. The van der Waals surface area contributed by atoms with Crippen LogP contribution in [0.2, 0.25) is 0 Å². The van der Waals surface area contributed by atoms with Gasteiger partial charge in [-0.2, -0.15) is 5.10 Å². The predicted octanol–water partition coefficient (Wildman–Crippen LogP) is 5.14. The molecule has 126 valence electrons. The molecular weight excluding hydrogens is 350 g/mol. The van der Waals surface area contributed by atoms with Crippen LogP contribution < -0.4 is 4.80 Å². The first-order chi connectivity index (χ1) is 12.2. The molecule has 0 amide bonds. The minimum atomic E-state index is 0.716. The molecule has 0 N–H and O–H groups in total. The van der Waals surface area contributed by atoms with Crippen LogP contribution >= 0.6 is 22.7 Å². The van der Waals surface area contributed by atoms with Crippen LogP contribution in [0.4, 0.5) is 0 Å². The van der Waals surface area contributed by atoms with E-state index in [1.54, 1.807) is 22.7 Å². The molecule has 0 saturated heterocycles. The summed E-state index contributed by atoms with van der Waals surface area (Å²) in [7, 11) is 0. The van der Waals surface area contributed by atoms with Gasteiger partial charge in [-0.1, -0.05) is 18.2 Å². The lowest BCUT2D eigenvalue weighted by atomic mass is 10.2. The van der Waals surface area contributed by atoms with Crippen molar-refractivity contribution < 1.29 is 4.42 Å². The van der Waals surface area contributed by atoms with Crippen LogP contribution in [-0.2, 0) is 0 Å². The highest BCUT2D eigenvalue weighted by molar-refractivity contribution is 7.13. The summed E-state index contributed by atoms with van der Waals surface area (Å²) in [6.45, 7) is 4.84. The average Bonchev–Trinajstić information content (AvgIpc) is 3.31. The van der Waals surface area contributed by atoms with Crippen molar-refractivity contribution in [1.29, 1.82) is 0 Å². The summed E-state index contributed by atoms with van der Waals surface area (Å²) in [5.74, 6) is 0.800. The van der Waals surface area contributed by atoms with Gasteiger partial charge in [-0.25, -0.2) is 4.68 Å². The highest BCUT2D eigenvalue weighted by Crippen LogP contribution is 2.28. The van der Waals surface area contributed by atoms with E-state index in [2.05, 4.69) is 35.2 Å². The Hall–Kier alpha value is -2.44. The molecule has 25 heavy (non-hydrogen) atoms. The van der Waals surface area contributed by atoms with Gasteiger partial charge in [0.05, 0.1) is 6.21 Å². The largest absolute Gasteiger partial charge is 0.454 e. The maximum absolute atomic E-state index is 6.02. The van der Waals surface area contributed by atoms with Crippen LogP contribution in [0.5, 0.6) is 0 Å². The van der Waals surface area contributed by atoms with Crippen LogP contribution in [0.25, 0.3) is 22.4 Å². The number of benzene rings is 1. The molecule has 3 heterocycles. The molecule has 1 aromatic carbocycles. The van der Waals surface area contributed by atoms with Crippen molar-refractivity contribution in [2.45, 2.75) is 13.8 Å². The summed E-state index contributed by atoms with van der Waals surface area (Å²) in [6, 6.07) is 14.2.